The summed E-state index contributed by atoms with van der Waals surface area (Å²) in [6, 6.07) is 1.79. The van der Waals surface area contributed by atoms with Crippen LogP contribution in [0.1, 0.15) is 5.56 Å². The van der Waals surface area contributed by atoms with Crippen molar-refractivity contribution < 1.29 is 18.3 Å². The van der Waals surface area contributed by atoms with Gasteiger partial charge in [0.1, 0.15) is 11.7 Å². The van der Waals surface area contributed by atoms with Crippen LogP contribution in [0.15, 0.2) is 16.4 Å². The van der Waals surface area contributed by atoms with Gasteiger partial charge in [-0.3, -0.25) is 4.99 Å². The van der Waals surface area contributed by atoms with E-state index < -0.39 is 18.8 Å². The summed E-state index contributed by atoms with van der Waals surface area (Å²) in [6.45, 7) is -0.324. The molecule has 1 atom stereocenters. The monoisotopic (exact) mass is 250 g/mol. The summed E-state index contributed by atoms with van der Waals surface area (Å²) in [7, 11) is 0. The molecule has 88 valence electrons. The second-order valence-corrected chi connectivity index (χ2v) is 4.31. The summed E-state index contributed by atoms with van der Waals surface area (Å²) in [5.41, 5.74) is 0.797. The molecular weight excluding hydrogens is 241 g/mol. The number of β-amino-alcohol motifs (C(OH)–C–C–N with tert-alkyl or cyclic N) is 1. The van der Waals surface area contributed by atoms with Crippen LogP contribution in [0.3, 0.4) is 0 Å². The number of rotatable bonds is 2. The van der Waals surface area contributed by atoms with Crippen molar-refractivity contribution in [2.45, 2.75) is 12.3 Å². The number of anilines is 1. The number of aliphatic hydroxyl groups is 1. The highest BCUT2D eigenvalue weighted by molar-refractivity contribution is 7.14. The van der Waals surface area contributed by atoms with Crippen LogP contribution in [0.4, 0.5) is 18.2 Å². The lowest BCUT2D eigenvalue weighted by molar-refractivity contribution is -0.200. The van der Waals surface area contributed by atoms with E-state index in [1.165, 1.54) is 16.2 Å². The summed E-state index contributed by atoms with van der Waals surface area (Å²) >= 11 is 1.34. The molecule has 7 heteroatoms. The van der Waals surface area contributed by atoms with E-state index in [1.54, 1.807) is 17.7 Å². The fourth-order valence-electron chi connectivity index (χ4n) is 1.42. The van der Waals surface area contributed by atoms with E-state index in [0.29, 0.717) is 0 Å². The number of halogens is 3. The van der Waals surface area contributed by atoms with Crippen molar-refractivity contribution in [3.05, 3.63) is 17.0 Å². The Morgan fingerprint density at radius 2 is 2.31 bits per heavy atom. The van der Waals surface area contributed by atoms with Crippen LogP contribution in [0.5, 0.6) is 0 Å². The molecule has 0 radical (unpaired) electrons. The second kappa shape index (κ2) is 4.06. The van der Waals surface area contributed by atoms with Crippen LogP contribution < -0.4 is 4.90 Å². The molecule has 1 aliphatic heterocycles. The lowest BCUT2D eigenvalue weighted by Crippen LogP contribution is -2.41. The average molecular weight is 250 g/mol. The van der Waals surface area contributed by atoms with Gasteiger partial charge in [0.05, 0.1) is 6.54 Å². The summed E-state index contributed by atoms with van der Waals surface area (Å²) in [5.74, 6) is 0. The van der Waals surface area contributed by atoms with Gasteiger partial charge in [-0.25, -0.2) is 0 Å². The minimum atomic E-state index is -4.58. The highest BCUT2D eigenvalue weighted by Gasteiger charge is 2.39. The van der Waals surface area contributed by atoms with E-state index in [-0.39, 0.29) is 6.67 Å². The molecule has 1 aliphatic rings. The minimum Gasteiger partial charge on any atom is -0.382 e. The molecule has 1 aromatic heterocycles. The number of thiophene rings is 1. The zero-order valence-corrected chi connectivity index (χ0v) is 8.92. The first kappa shape index (κ1) is 11.4. The molecule has 1 unspecified atom stereocenters. The van der Waals surface area contributed by atoms with Crippen LogP contribution in [0.2, 0.25) is 0 Å². The Morgan fingerprint density at radius 3 is 3.00 bits per heavy atom. The van der Waals surface area contributed by atoms with E-state index in [4.69, 9.17) is 5.11 Å². The summed E-state index contributed by atoms with van der Waals surface area (Å²) in [5, 5.41) is 11.5. The van der Waals surface area contributed by atoms with E-state index in [0.717, 1.165) is 10.6 Å². The van der Waals surface area contributed by atoms with Gasteiger partial charge in [-0.15, -0.1) is 11.3 Å². The highest BCUT2D eigenvalue weighted by atomic mass is 32.1. The van der Waals surface area contributed by atoms with Crippen molar-refractivity contribution in [2.24, 2.45) is 4.99 Å². The van der Waals surface area contributed by atoms with Crippen molar-refractivity contribution >= 4 is 22.6 Å². The standard InChI is InChI=1S/C9H9F3N2OS/c10-9(11,12)7(15)4-14-5-13-3-6-1-2-16-8(6)14/h1-3,7,15H,4-5H2. The van der Waals surface area contributed by atoms with Gasteiger partial charge in [-0.2, -0.15) is 13.2 Å². The molecule has 1 aromatic rings. The van der Waals surface area contributed by atoms with E-state index in [1.807, 2.05) is 0 Å². The topological polar surface area (TPSA) is 35.8 Å². The molecule has 0 amide bonds. The number of fused-ring (bicyclic) bond motifs is 1. The summed E-state index contributed by atoms with van der Waals surface area (Å²) in [6.07, 6.45) is -5.29. The molecule has 1 N–H and O–H groups in total. The van der Waals surface area contributed by atoms with Crippen molar-refractivity contribution in [3.8, 4) is 0 Å². The highest BCUT2D eigenvalue weighted by Crippen LogP contribution is 2.30. The number of alkyl halides is 3. The quantitative estimate of drug-likeness (QED) is 0.869. The summed E-state index contributed by atoms with van der Waals surface area (Å²) < 4.78 is 36.6. The molecule has 0 saturated carbocycles. The third kappa shape index (κ3) is 2.19. The molecule has 16 heavy (non-hydrogen) atoms. The van der Waals surface area contributed by atoms with Crippen molar-refractivity contribution in [1.29, 1.82) is 0 Å². The van der Waals surface area contributed by atoms with Gasteiger partial charge >= 0.3 is 6.18 Å². The van der Waals surface area contributed by atoms with E-state index >= 15 is 0 Å². The van der Waals surface area contributed by atoms with Crippen molar-refractivity contribution in [3.63, 3.8) is 0 Å². The number of aliphatic hydroxyl groups excluding tert-OH is 1. The average Bonchev–Trinajstić information content (AvgIpc) is 2.65. The van der Waals surface area contributed by atoms with E-state index in [2.05, 4.69) is 4.99 Å². The molecule has 2 heterocycles. The zero-order valence-electron chi connectivity index (χ0n) is 8.11. The lowest BCUT2D eigenvalue weighted by Gasteiger charge is -2.27. The second-order valence-electron chi connectivity index (χ2n) is 3.41. The first-order valence-corrected chi connectivity index (χ1v) is 5.43. The predicted octanol–water partition coefficient (Wildman–Crippen LogP) is 1.87. The molecule has 0 saturated heterocycles. The van der Waals surface area contributed by atoms with Crippen LogP contribution >= 0.6 is 11.3 Å². The van der Waals surface area contributed by atoms with Gasteiger partial charge in [0, 0.05) is 11.8 Å². The molecule has 0 spiro atoms. The predicted molar refractivity (Wildman–Crippen MR) is 56.2 cm³/mol. The Balaban J connectivity index is 2.11. The Labute approximate surface area is 93.8 Å². The normalized spacial score (nSPS) is 17.4. The molecular formula is C9H9F3N2OS. The largest absolute Gasteiger partial charge is 0.416 e. The molecule has 0 aliphatic carbocycles. The molecule has 0 fully saturated rings. The molecule has 0 bridgehead atoms. The van der Waals surface area contributed by atoms with Gasteiger partial charge in [0.25, 0.3) is 0 Å². The molecule has 3 nitrogen and oxygen atoms in total. The van der Waals surface area contributed by atoms with Gasteiger partial charge in [-0.05, 0) is 11.4 Å². The molecule has 2 rings (SSSR count). The fourth-order valence-corrected chi connectivity index (χ4v) is 2.30. The maximum atomic E-state index is 12.2. The lowest BCUT2D eigenvalue weighted by atomic mass is 10.2. The smallest absolute Gasteiger partial charge is 0.382 e. The number of aliphatic imine (C=N–C) groups is 1. The first-order valence-electron chi connectivity index (χ1n) is 4.55. The van der Waals surface area contributed by atoms with Crippen LogP contribution in [0.25, 0.3) is 0 Å². The van der Waals surface area contributed by atoms with Gasteiger partial charge in [0.2, 0.25) is 0 Å². The van der Waals surface area contributed by atoms with Crippen molar-refractivity contribution in [1.82, 2.24) is 0 Å². The zero-order chi connectivity index (χ0) is 11.8. The number of hydrogen-bond acceptors (Lipinski definition) is 4. The maximum absolute atomic E-state index is 12.2. The van der Waals surface area contributed by atoms with Crippen LogP contribution in [-0.2, 0) is 0 Å². The minimum absolute atomic E-state index is 0.153. The van der Waals surface area contributed by atoms with Gasteiger partial charge in [0.15, 0.2) is 6.10 Å². The number of nitrogens with zero attached hydrogens (tertiary/aromatic N) is 2. The third-order valence-electron chi connectivity index (χ3n) is 2.22. The Bertz CT molecular complexity index is 402. The first-order chi connectivity index (χ1) is 7.48. The Morgan fingerprint density at radius 1 is 1.56 bits per heavy atom. The fraction of sp³-hybridized carbons (Fsp3) is 0.444. The van der Waals surface area contributed by atoms with E-state index in [9.17, 15) is 13.2 Å². The summed E-state index contributed by atoms with van der Waals surface area (Å²) in [4.78, 5) is 5.37. The van der Waals surface area contributed by atoms with Crippen molar-refractivity contribution in [2.75, 3.05) is 18.1 Å². The number of hydrogen-bond donors (Lipinski definition) is 1. The van der Waals surface area contributed by atoms with Crippen LogP contribution in [-0.4, -0.2) is 36.8 Å². The van der Waals surface area contributed by atoms with Gasteiger partial charge in [-0.1, -0.05) is 0 Å². The Hall–Kier alpha value is -1.08. The Kier molecular flexibility index (Phi) is 2.90. The SMILES string of the molecule is OC(CN1CN=Cc2ccsc21)C(F)(F)F. The van der Waals surface area contributed by atoms with Crippen LogP contribution in [0, 0.1) is 0 Å². The maximum Gasteiger partial charge on any atom is 0.416 e. The molecule has 0 aromatic carbocycles. The van der Waals surface area contributed by atoms with Gasteiger partial charge < -0.3 is 10.0 Å². The third-order valence-corrected chi connectivity index (χ3v) is 3.20.